The Bertz CT molecular complexity index is 323. The molecular formula is C12H20N2OS. The summed E-state index contributed by atoms with van der Waals surface area (Å²) >= 11 is 5.02. The highest BCUT2D eigenvalue weighted by molar-refractivity contribution is 7.80. The molecule has 1 atom stereocenters. The quantitative estimate of drug-likeness (QED) is 0.761. The van der Waals surface area contributed by atoms with Crippen molar-refractivity contribution in [2.24, 2.45) is 23.0 Å². The van der Waals surface area contributed by atoms with Crippen molar-refractivity contribution in [3.05, 3.63) is 0 Å². The fraction of sp³-hybridized carbons (Fsp3) is 0.833. The standard InChI is InChI=1S/C12H20N2OS/c1-8(2)9-3-6-14(7-9)11(15)12(4-5-12)10(13)16/h8-9H,3-7H2,1-2H3,(H2,13,16). The molecule has 0 spiro atoms. The van der Waals surface area contributed by atoms with Crippen LogP contribution >= 0.6 is 12.2 Å². The van der Waals surface area contributed by atoms with Crippen molar-refractivity contribution in [3.8, 4) is 0 Å². The Balaban J connectivity index is 2.00. The van der Waals surface area contributed by atoms with Crippen molar-refractivity contribution in [3.63, 3.8) is 0 Å². The highest BCUT2D eigenvalue weighted by Crippen LogP contribution is 2.48. The van der Waals surface area contributed by atoms with Crippen LogP contribution in [0.2, 0.25) is 0 Å². The lowest BCUT2D eigenvalue weighted by Crippen LogP contribution is -2.41. The average molecular weight is 240 g/mol. The van der Waals surface area contributed by atoms with Crippen molar-refractivity contribution < 1.29 is 4.79 Å². The minimum Gasteiger partial charge on any atom is -0.392 e. The van der Waals surface area contributed by atoms with Crippen LogP contribution in [0.3, 0.4) is 0 Å². The van der Waals surface area contributed by atoms with E-state index < -0.39 is 5.41 Å². The van der Waals surface area contributed by atoms with Crippen LogP contribution in [0.25, 0.3) is 0 Å². The number of rotatable bonds is 3. The van der Waals surface area contributed by atoms with Gasteiger partial charge in [-0.05, 0) is 31.1 Å². The minimum absolute atomic E-state index is 0.183. The Morgan fingerprint density at radius 2 is 2.12 bits per heavy atom. The highest BCUT2D eigenvalue weighted by atomic mass is 32.1. The Morgan fingerprint density at radius 3 is 2.50 bits per heavy atom. The largest absolute Gasteiger partial charge is 0.392 e. The number of carbonyl (C=O) groups excluding carboxylic acids is 1. The van der Waals surface area contributed by atoms with Gasteiger partial charge in [0.2, 0.25) is 5.91 Å². The first-order valence-corrected chi connectivity index (χ1v) is 6.47. The topological polar surface area (TPSA) is 46.3 Å². The number of nitrogens with two attached hydrogens (primary N) is 1. The maximum absolute atomic E-state index is 12.3. The van der Waals surface area contributed by atoms with Crippen molar-refractivity contribution >= 4 is 23.1 Å². The van der Waals surface area contributed by atoms with Gasteiger partial charge in [-0.2, -0.15) is 0 Å². The van der Waals surface area contributed by atoms with E-state index in [1.54, 1.807) is 0 Å². The molecule has 1 heterocycles. The zero-order chi connectivity index (χ0) is 11.9. The minimum atomic E-state index is -0.457. The van der Waals surface area contributed by atoms with Gasteiger partial charge in [0.15, 0.2) is 0 Å². The van der Waals surface area contributed by atoms with Gasteiger partial charge in [0.25, 0.3) is 0 Å². The smallest absolute Gasteiger partial charge is 0.235 e. The van der Waals surface area contributed by atoms with Crippen LogP contribution in [0, 0.1) is 17.3 Å². The monoisotopic (exact) mass is 240 g/mol. The summed E-state index contributed by atoms with van der Waals surface area (Å²) in [7, 11) is 0. The zero-order valence-electron chi connectivity index (χ0n) is 10.0. The van der Waals surface area contributed by atoms with Crippen molar-refractivity contribution in [2.75, 3.05) is 13.1 Å². The number of thiocarbonyl (C=S) groups is 1. The predicted molar refractivity (Wildman–Crippen MR) is 68.0 cm³/mol. The van der Waals surface area contributed by atoms with E-state index in [2.05, 4.69) is 13.8 Å². The second kappa shape index (κ2) is 3.99. The van der Waals surface area contributed by atoms with E-state index in [0.29, 0.717) is 16.8 Å². The fourth-order valence-electron chi connectivity index (χ4n) is 2.51. The van der Waals surface area contributed by atoms with E-state index in [9.17, 15) is 4.79 Å². The molecule has 4 heteroatoms. The van der Waals surface area contributed by atoms with Crippen LogP contribution in [0.5, 0.6) is 0 Å². The van der Waals surface area contributed by atoms with Gasteiger partial charge >= 0.3 is 0 Å². The summed E-state index contributed by atoms with van der Waals surface area (Å²) in [5, 5.41) is 0. The number of hydrogen-bond acceptors (Lipinski definition) is 2. The van der Waals surface area contributed by atoms with Gasteiger partial charge in [0, 0.05) is 13.1 Å². The number of nitrogens with zero attached hydrogens (tertiary/aromatic N) is 1. The number of likely N-dealkylation sites (tertiary alicyclic amines) is 1. The Hall–Kier alpha value is -0.640. The average Bonchev–Trinajstić information content (AvgIpc) is 2.88. The van der Waals surface area contributed by atoms with Gasteiger partial charge in [-0.15, -0.1) is 0 Å². The molecule has 1 saturated heterocycles. The van der Waals surface area contributed by atoms with Crippen LogP contribution < -0.4 is 5.73 Å². The van der Waals surface area contributed by atoms with Crippen molar-refractivity contribution in [1.29, 1.82) is 0 Å². The molecule has 1 aliphatic heterocycles. The van der Waals surface area contributed by atoms with Gasteiger partial charge in [0.05, 0.1) is 10.4 Å². The first kappa shape index (κ1) is 11.8. The highest BCUT2D eigenvalue weighted by Gasteiger charge is 2.55. The lowest BCUT2D eigenvalue weighted by atomic mass is 9.95. The molecule has 90 valence electrons. The first-order valence-electron chi connectivity index (χ1n) is 6.06. The Labute approximate surface area is 102 Å². The lowest BCUT2D eigenvalue weighted by molar-refractivity contribution is -0.133. The third kappa shape index (κ3) is 1.83. The van der Waals surface area contributed by atoms with Gasteiger partial charge in [0.1, 0.15) is 0 Å². The Kier molecular flexibility index (Phi) is 2.95. The molecule has 0 bridgehead atoms. The summed E-state index contributed by atoms with van der Waals surface area (Å²) in [5.74, 6) is 1.48. The Morgan fingerprint density at radius 1 is 1.50 bits per heavy atom. The maximum Gasteiger partial charge on any atom is 0.235 e. The van der Waals surface area contributed by atoms with Gasteiger partial charge in [-0.3, -0.25) is 4.79 Å². The van der Waals surface area contributed by atoms with Crippen LogP contribution in [0.1, 0.15) is 33.1 Å². The van der Waals surface area contributed by atoms with E-state index in [1.165, 1.54) is 0 Å². The van der Waals surface area contributed by atoms with Crippen LogP contribution in [0.15, 0.2) is 0 Å². The molecule has 1 amide bonds. The summed E-state index contributed by atoms with van der Waals surface area (Å²) in [6.45, 7) is 6.21. The lowest BCUT2D eigenvalue weighted by Gasteiger charge is -2.23. The number of amides is 1. The normalized spacial score (nSPS) is 27.2. The third-order valence-corrected chi connectivity index (χ3v) is 4.48. The summed E-state index contributed by atoms with van der Waals surface area (Å²) < 4.78 is 0. The van der Waals surface area contributed by atoms with E-state index >= 15 is 0 Å². The van der Waals surface area contributed by atoms with E-state index in [4.69, 9.17) is 18.0 Å². The van der Waals surface area contributed by atoms with Crippen molar-refractivity contribution in [1.82, 2.24) is 4.90 Å². The zero-order valence-corrected chi connectivity index (χ0v) is 10.8. The molecule has 3 nitrogen and oxygen atoms in total. The van der Waals surface area contributed by atoms with Gasteiger partial charge in [-0.25, -0.2) is 0 Å². The molecule has 2 aliphatic rings. The molecule has 2 rings (SSSR count). The van der Waals surface area contributed by atoms with E-state index in [0.717, 1.165) is 32.4 Å². The summed E-state index contributed by atoms with van der Waals surface area (Å²) in [5.41, 5.74) is 5.22. The molecule has 0 aromatic rings. The summed E-state index contributed by atoms with van der Waals surface area (Å²) in [4.78, 5) is 14.7. The van der Waals surface area contributed by atoms with Crippen LogP contribution in [-0.4, -0.2) is 28.9 Å². The van der Waals surface area contributed by atoms with E-state index in [-0.39, 0.29) is 5.91 Å². The summed E-state index contributed by atoms with van der Waals surface area (Å²) in [6.07, 6.45) is 2.82. The molecule has 0 aromatic carbocycles. The summed E-state index contributed by atoms with van der Waals surface area (Å²) in [6, 6.07) is 0. The molecule has 2 N–H and O–H groups in total. The number of hydrogen-bond donors (Lipinski definition) is 1. The molecule has 2 fully saturated rings. The van der Waals surface area contributed by atoms with Crippen LogP contribution in [0.4, 0.5) is 0 Å². The molecule has 1 saturated carbocycles. The second-order valence-electron chi connectivity index (χ2n) is 5.49. The van der Waals surface area contributed by atoms with Gasteiger partial charge in [-0.1, -0.05) is 26.1 Å². The molecular weight excluding hydrogens is 220 g/mol. The molecule has 0 radical (unpaired) electrons. The van der Waals surface area contributed by atoms with E-state index in [1.807, 2.05) is 4.90 Å². The predicted octanol–water partition coefficient (Wildman–Crippen LogP) is 1.56. The van der Waals surface area contributed by atoms with Crippen molar-refractivity contribution in [2.45, 2.75) is 33.1 Å². The SMILES string of the molecule is CC(C)C1CCN(C(=O)C2(C(N)=S)CC2)C1. The molecule has 0 aromatic heterocycles. The van der Waals surface area contributed by atoms with Crippen LogP contribution in [-0.2, 0) is 4.79 Å². The van der Waals surface area contributed by atoms with Gasteiger partial charge < -0.3 is 10.6 Å². The second-order valence-corrected chi connectivity index (χ2v) is 5.93. The molecule has 1 aliphatic carbocycles. The maximum atomic E-state index is 12.3. The molecule has 16 heavy (non-hydrogen) atoms. The molecule has 1 unspecified atom stereocenters. The first-order chi connectivity index (χ1) is 7.47. The fourth-order valence-corrected chi connectivity index (χ4v) is 2.80. The third-order valence-electron chi connectivity index (χ3n) is 4.09. The number of carbonyl (C=O) groups is 1.